The number of nitrogens with zero attached hydrogens (tertiary/aromatic N) is 3. The van der Waals surface area contributed by atoms with Gasteiger partial charge in [-0.25, -0.2) is 4.98 Å². The Morgan fingerprint density at radius 2 is 1.85 bits per heavy atom. The molecule has 0 N–H and O–H groups in total. The lowest BCUT2D eigenvalue weighted by molar-refractivity contribution is 0.0960. The number of hydrogen-bond donors (Lipinski definition) is 0. The molecule has 0 saturated carbocycles. The number of anilines is 2. The van der Waals surface area contributed by atoms with Crippen LogP contribution in [0.1, 0.15) is 10.7 Å². The Balaban J connectivity index is 1.85. The van der Waals surface area contributed by atoms with Crippen LogP contribution < -0.4 is 13.9 Å². The minimum atomic E-state index is -0.317. The predicted octanol–water partition coefficient (Wildman–Crippen LogP) is 4.87. The third-order valence-electron chi connectivity index (χ3n) is 3.88. The molecule has 1 aromatic heterocycles. The summed E-state index contributed by atoms with van der Waals surface area (Å²) in [6.07, 6.45) is 2.83. The number of aromatic nitrogens is 1. The molecule has 140 valence electrons. The van der Waals surface area contributed by atoms with E-state index in [0.29, 0.717) is 5.69 Å². The molecule has 0 aliphatic heterocycles. The molecule has 0 aliphatic carbocycles. The number of halogens is 1. The number of benzene rings is 2. The Kier molecular flexibility index (Phi) is 6.08. The molecule has 27 heavy (non-hydrogen) atoms. The zero-order chi connectivity index (χ0) is 19.4. The third-order valence-corrected chi connectivity index (χ3v) is 5.41. The van der Waals surface area contributed by atoms with E-state index in [-0.39, 0.29) is 11.8 Å². The minimum absolute atomic E-state index is 0.0505. The predicted molar refractivity (Wildman–Crippen MR) is 111 cm³/mol. The Morgan fingerprint density at radius 1 is 1.15 bits per heavy atom. The molecule has 1 amide bonds. The average Bonchev–Trinajstić information content (AvgIpc) is 3.22. The maximum Gasteiger partial charge on any atom is 0.313 e. The fraction of sp³-hybridized carbons (Fsp3) is 0.158. The SMILES string of the molecule is COc1ccc(N(C)C(=O)c2ncco2)cc1SN(C)c1ccc(Br)cc1. The third kappa shape index (κ3) is 4.45. The van der Waals surface area contributed by atoms with E-state index in [9.17, 15) is 4.79 Å². The van der Waals surface area contributed by atoms with Gasteiger partial charge in [-0.15, -0.1) is 0 Å². The molecule has 0 atom stereocenters. The normalized spacial score (nSPS) is 10.5. The van der Waals surface area contributed by atoms with Crippen molar-refractivity contribution in [2.75, 3.05) is 30.4 Å². The minimum Gasteiger partial charge on any atom is -0.496 e. The van der Waals surface area contributed by atoms with Crippen LogP contribution in [0.25, 0.3) is 0 Å². The van der Waals surface area contributed by atoms with E-state index in [2.05, 4.69) is 20.9 Å². The van der Waals surface area contributed by atoms with Gasteiger partial charge in [-0.3, -0.25) is 4.79 Å². The van der Waals surface area contributed by atoms with E-state index in [0.717, 1.165) is 20.8 Å². The number of ether oxygens (including phenoxy) is 1. The summed E-state index contributed by atoms with van der Waals surface area (Å²) in [5, 5.41) is 0. The highest BCUT2D eigenvalue weighted by Crippen LogP contribution is 2.36. The molecule has 8 heteroatoms. The van der Waals surface area contributed by atoms with Crippen LogP contribution in [0.3, 0.4) is 0 Å². The van der Waals surface area contributed by atoms with Crippen molar-refractivity contribution in [2.45, 2.75) is 4.90 Å². The highest BCUT2D eigenvalue weighted by Gasteiger charge is 2.19. The smallest absolute Gasteiger partial charge is 0.313 e. The van der Waals surface area contributed by atoms with Crippen LogP contribution in [-0.4, -0.2) is 32.1 Å². The molecule has 0 radical (unpaired) electrons. The van der Waals surface area contributed by atoms with Gasteiger partial charge in [-0.1, -0.05) is 15.9 Å². The van der Waals surface area contributed by atoms with Gasteiger partial charge in [0.25, 0.3) is 5.89 Å². The number of carbonyl (C=O) groups is 1. The van der Waals surface area contributed by atoms with Gasteiger partial charge < -0.3 is 18.4 Å². The number of methoxy groups -OCH3 is 1. The topological polar surface area (TPSA) is 58.8 Å². The first kappa shape index (κ1) is 19.3. The van der Waals surface area contributed by atoms with E-state index in [1.165, 1.54) is 29.3 Å². The molecule has 6 nitrogen and oxygen atoms in total. The fourth-order valence-corrected chi connectivity index (χ4v) is 3.59. The van der Waals surface area contributed by atoms with Gasteiger partial charge in [-0.2, -0.15) is 0 Å². The molecule has 3 aromatic rings. The zero-order valence-corrected chi connectivity index (χ0v) is 17.5. The zero-order valence-electron chi connectivity index (χ0n) is 15.0. The van der Waals surface area contributed by atoms with Crippen molar-refractivity contribution in [1.82, 2.24) is 4.98 Å². The van der Waals surface area contributed by atoms with Crippen LogP contribution in [0.15, 0.2) is 68.7 Å². The van der Waals surface area contributed by atoms with Gasteiger partial charge in [0.05, 0.1) is 18.2 Å². The summed E-state index contributed by atoms with van der Waals surface area (Å²) in [5.41, 5.74) is 1.76. The monoisotopic (exact) mass is 447 g/mol. The van der Waals surface area contributed by atoms with Gasteiger partial charge >= 0.3 is 5.91 Å². The Hall–Kier alpha value is -2.45. The Morgan fingerprint density at radius 3 is 2.48 bits per heavy atom. The van der Waals surface area contributed by atoms with E-state index in [4.69, 9.17) is 9.15 Å². The first-order valence-electron chi connectivity index (χ1n) is 8.02. The first-order chi connectivity index (χ1) is 13.0. The summed E-state index contributed by atoms with van der Waals surface area (Å²) >= 11 is 4.95. The van der Waals surface area contributed by atoms with Gasteiger partial charge in [-0.05, 0) is 54.4 Å². The molecular formula is C19H18BrN3O3S. The Labute approximate surface area is 170 Å². The van der Waals surface area contributed by atoms with Crippen molar-refractivity contribution >= 4 is 45.2 Å². The second-order valence-electron chi connectivity index (χ2n) is 5.60. The lowest BCUT2D eigenvalue weighted by Crippen LogP contribution is -2.26. The highest BCUT2D eigenvalue weighted by atomic mass is 79.9. The summed E-state index contributed by atoms with van der Waals surface area (Å²) < 4.78 is 13.6. The average molecular weight is 448 g/mol. The van der Waals surface area contributed by atoms with Crippen molar-refractivity contribution in [3.63, 3.8) is 0 Å². The lowest BCUT2D eigenvalue weighted by Gasteiger charge is -2.21. The molecule has 0 unspecified atom stereocenters. The number of amides is 1. The van der Waals surface area contributed by atoms with Crippen molar-refractivity contribution in [3.8, 4) is 5.75 Å². The molecule has 0 saturated heterocycles. The quantitative estimate of drug-likeness (QED) is 0.502. The summed E-state index contributed by atoms with van der Waals surface area (Å²) in [7, 11) is 5.28. The lowest BCUT2D eigenvalue weighted by atomic mass is 10.2. The molecular weight excluding hydrogens is 430 g/mol. The molecule has 0 bridgehead atoms. The van der Waals surface area contributed by atoms with E-state index < -0.39 is 0 Å². The standard InChI is InChI=1S/C19H18BrN3O3S/c1-22(19(24)18-21-10-11-26-18)15-8-9-16(25-3)17(12-15)27-23(2)14-6-4-13(20)5-7-14/h4-12H,1-3H3. The number of rotatable bonds is 6. The van der Waals surface area contributed by atoms with Crippen molar-refractivity contribution in [3.05, 3.63) is 65.3 Å². The van der Waals surface area contributed by atoms with E-state index in [1.807, 2.05) is 53.8 Å². The molecule has 1 heterocycles. The largest absolute Gasteiger partial charge is 0.496 e. The highest BCUT2D eigenvalue weighted by molar-refractivity contribution is 9.10. The molecule has 0 fully saturated rings. The first-order valence-corrected chi connectivity index (χ1v) is 9.59. The van der Waals surface area contributed by atoms with Gasteiger partial charge in [0.2, 0.25) is 0 Å². The molecule has 0 aliphatic rings. The molecule has 3 rings (SSSR count). The van der Waals surface area contributed by atoms with Gasteiger partial charge in [0.15, 0.2) is 0 Å². The van der Waals surface area contributed by atoms with Crippen LogP contribution in [0.5, 0.6) is 5.75 Å². The van der Waals surface area contributed by atoms with Crippen molar-refractivity contribution in [2.24, 2.45) is 0 Å². The summed E-state index contributed by atoms with van der Waals surface area (Å²) in [4.78, 5) is 18.8. The van der Waals surface area contributed by atoms with Gasteiger partial charge in [0.1, 0.15) is 12.0 Å². The molecule has 2 aromatic carbocycles. The maximum atomic E-state index is 12.5. The van der Waals surface area contributed by atoms with Crippen LogP contribution >= 0.6 is 27.9 Å². The van der Waals surface area contributed by atoms with E-state index >= 15 is 0 Å². The second-order valence-corrected chi connectivity index (χ2v) is 7.69. The maximum absolute atomic E-state index is 12.5. The summed E-state index contributed by atoms with van der Waals surface area (Å²) in [5.74, 6) is 0.460. The number of oxazole rings is 1. The van der Waals surface area contributed by atoms with Crippen molar-refractivity contribution < 1.29 is 13.9 Å². The number of carbonyl (C=O) groups excluding carboxylic acids is 1. The van der Waals surface area contributed by atoms with Crippen molar-refractivity contribution in [1.29, 1.82) is 0 Å². The fourth-order valence-electron chi connectivity index (χ4n) is 2.39. The number of hydrogen-bond acceptors (Lipinski definition) is 6. The summed E-state index contributed by atoms with van der Waals surface area (Å²) in [6.45, 7) is 0. The van der Waals surface area contributed by atoms with Crippen LogP contribution in [0, 0.1) is 0 Å². The van der Waals surface area contributed by atoms with Gasteiger partial charge in [0, 0.05) is 29.9 Å². The van der Waals surface area contributed by atoms with Crippen LogP contribution in [0.2, 0.25) is 0 Å². The van der Waals surface area contributed by atoms with Crippen LogP contribution in [0.4, 0.5) is 11.4 Å². The van der Waals surface area contributed by atoms with E-state index in [1.54, 1.807) is 14.2 Å². The Bertz CT molecular complexity index is 916. The molecule has 0 spiro atoms. The summed E-state index contributed by atoms with van der Waals surface area (Å²) in [6, 6.07) is 13.6. The van der Waals surface area contributed by atoms with Crippen LogP contribution in [-0.2, 0) is 0 Å². The second kappa shape index (κ2) is 8.49.